The highest BCUT2D eigenvalue weighted by Gasteiger charge is 2.34. The van der Waals surface area contributed by atoms with Crippen LogP contribution in [-0.2, 0) is 4.79 Å². The van der Waals surface area contributed by atoms with Gasteiger partial charge < -0.3 is 24.6 Å². The zero-order valence-corrected chi connectivity index (χ0v) is 15.8. The van der Waals surface area contributed by atoms with Gasteiger partial charge in [-0.1, -0.05) is 6.92 Å². The number of hydrogen-bond acceptors (Lipinski definition) is 4. The van der Waals surface area contributed by atoms with Gasteiger partial charge in [0.2, 0.25) is 5.91 Å². The molecule has 0 aromatic heterocycles. The second kappa shape index (κ2) is 7.66. The maximum absolute atomic E-state index is 12.7. The van der Waals surface area contributed by atoms with Crippen molar-refractivity contribution in [1.29, 1.82) is 0 Å². The van der Waals surface area contributed by atoms with Crippen LogP contribution in [0.4, 0.5) is 10.5 Å². The quantitative estimate of drug-likeness (QED) is 0.884. The standard InChI is InChI=1S/C20H27N3O4/c1-2-15-5-3-4-8-22(15)20(25)21-14-11-19(24)23(13-14)16-6-7-17-18(12-16)27-10-9-26-17/h6-7,12,14-15H,2-5,8-11,13H2,1H3,(H,21,25)/t14-,15-/m1/s1. The van der Waals surface area contributed by atoms with Gasteiger partial charge in [0.1, 0.15) is 13.2 Å². The van der Waals surface area contributed by atoms with E-state index in [2.05, 4.69) is 12.2 Å². The van der Waals surface area contributed by atoms with E-state index in [4.69, 9.17) is 9.47 Å². The summed E-state index contributed by atoms with van der Waals surface area (Å²) in [5, 5.41) is 3.07. The molecule has 146 valence electrons. The van der Waals surface area contributed by atoms with E-state index >= 15 is 0 Å². The molecule has 0 bridgehead atoms. The maximum atomic E-state index is 12.7. The Bertz CT molecular complexity index is 723. The van der Waals surface area contributed by atoms with Gasteiger partial charge in [-0.3, -0.25) is 4.79 Å². The first kappa shape index (κ1) is 17.9. The molecule has 2 saturated heterocycles. The summed E-state index contributed by atoms with van der Waals surface area (Å²) < 4.78 is 11.2. The molecule has 1 aromatic rings. The zero-order valence-electron chi connectivity index (χ0n) is 15.8. The number of nitrogens with one attached hydrogen (secondary N) is 1. The van der Waals surface area contributed by atoms with E-state index in [-0.39, 0.29) is 18.0 Å². The molecule has 0 unspecified atom stereocenters. The van der Waals surface area contributed by atoms with Crippen LogP contribution in [0.3, 0.4) is 0 Å². The fraction of sp³-hybridized carbons (Fsp3) is 0.600. The van der Waals surface area contributed by atoms with Crippen molar-refractivity contribution in [1.82, 2.24) is 10.2 Å². The van der Waals surface area contributed by atoms with E-state index in [1.54, 1.807) is 4.90 Å². The van der Waals surface area contributed by atoms with Crippen LogP contribution in [0.15, 0.2) is 18.2 Å². The van der Waals surface area contributed by atoms with Crippen LogP contribution in [-0.4, -0.2) is 55.2 Å². The van der Waals surface area contributed by atoms with Crippen molar-refractivity contribution in [3.05, 3.63) is 18.2 Å². The van der Waals surface area contributed by atoms with E-state index in [9.17, 15) is 9.59 Å². The van der Waals surface area contributed by atoms with Gasteiger partial charge in [-0.05, 0) is 37.8 Å². The van der Waals surface area contributed by atoms with Crippen LogP contribution in [0.2, 0.25) is 0 Å². The van der Waals surface area contributed by atoms with E-state index in [1.807, 2.05) is 23.1 Å². The minimum Gasteiger partial charge on any atom is -0.486 e. The Morgan fingerprint density at radius 2 is 2.04 bits per heavy atom. The topological polar surface area (TPSA) is 71.1 Å². The molecule has 0 saturated carbocycles. The Hall–Kier alpha value is -2.44. The fourth-order valence-corrected chi connectivity index (χ4v) is 4.20. The number of urea groups is 1. The normalized spacial score (nSPS) is 24.9. The Morgan fingerprint density at radius 3 is 2.85 bits per heavy atom. The first-order valence-corrected chi connectivity index (χ1v) is 9.93. The Kier molecular flexibility index (Phi) is 5.09. The molecular weight excluding hydrogens is 346 g/mol. The number of benzene rings is 1. The van der Waals surface area contributed by atoms with Crippen LogP contribution in [0.25, 0.3) is 0 Å². The first-order chi connectivity index (χ1) is 13.2. The molecule has 3 aliphatic rings. The number of rotatable bonds is 3. The average Bonchev–Trinajstić information content (AvgIpc) is 3.07. The van der Waals surface area contributed by atoms with Gasteiger partial charge in [0.05, 0.1) is 6.04 Å². The molecule has 3 heterocycles. The van der Waals surface area contributed by atoms with Crippen LogP contribution in [0.1, 0.15) is 39.0 Å². The summed E-state index contributed by atoms with van der Waals surface area (Å²) in [6.07, 6.45) is 4.60. The zero-order chi connectivity index (χ0) is 18.8. The van der Waals surface area contributed by atoms with Crippen molar-refractivity contribution in [3.8, 4) is 11.5 Å². The smallest absolute Gasteiger partial charge is 0.317 e. The highest BCUT2D eigenvalue weighted by Crippen LogP contribution is 2.35. The van der Waals surface area contributed by atoms with E-state index in [0.29, 0.717) is 43.7 Å². The van der Waals surface area contributed by atoms with Crippen molar-refractivity contribution < 1.29 is 19.1 Å². The summed E-state index contributed by atoms with van der Waals surface area (Å²) in [6.45, 7) is 4.46. The Balaban J connectivity index is 1.41. The highest BCUT2D eigenvalue weighted by molar-refractivity contribution is 5.97. The lowest BCUT2D eigenvalue weighted by atomic mass is 10.0. The molecule has 2 fully saturated rings. The highest BCUT2D eigenvalue weighted by atomic mass is 16.6. The molecule has 3 amide bonds. The number of fused-ring (bicyclic) bond motifs is 1. The van der Waals surface area contributed by atoms with Gasteiger partial charge in [-0.25, -0.2) is 4.79 Å². The van der Waals surface area contributed by atoms with E-state index in [0.717, 1.165) is 31.5 Å². The van der Waals surface area contributed by atoms with Gasteiger partial charge in [-0.2, -0.15) is 0 Å². The number of nitrogens with zero attached hydrogens (tertiary/aromatic N) is 2. The number of anilines is 1. The number of carbonyl (C=O) groups excluding carboxylic acids is 2. The number of ether oxygens (including phenoxy) is 2. The lowest BCUT2D eigenvalue weighted by Crippen LogP contribution is -2.51. The molecule has 2 atom stereocenters. The number of likely N-dealkylation sites (tertiary alicyclic amines) is 1. The molecule has 7 heteroatoms. The minimum atomic E-state index is -0.169. The largest absolute Gasteiger partial charge is 0.486 e. The Morgan fingerprint density at radius 1 is 1.22 bits per heavy atom. The SMILES string of the molecule is CC[C@@H]1CCCCN1C(=O)N[C@@H]1CC(=O)N(c2ccc3c(c2)OCCO3)C1. The second-order valence-corrected chi connectivity index (χ2v) is 7.43. The lowest BCUT2D eigenvalue weighted by Gasteiger charge is -2.35. The average molecular weight is 373 g/mol. The summed E-state index contributed by atoms with van der Waals surface area (Å²) in [6, 6.07) is 5.65. The van der Waals surface area contributed by atoms with Crippen molar-refractivity contribution in [2.24, 2.45) is 0 Å². The molecule has 27 heavy (non-hydrogen) atoms. The summed E-state index contributed by atoms with van der Waals surface area (Å²) in [7, 11) is 0. The molecule has 1 aromatic carbocycles. The predicted octanol–water partition coefficient (Wildman–Crippen LogP) is 2.54. The van der Waals surface area contributed by atoms with Crippen molar-refractivity contribution in [2.45, 2.75) is 51.1 Å². The van der Waals surface area contributed by atoms with E-state index < -0.39 is 0 Å². The number of piperidine rings is 1. The molecule has 0 spiro atoms. The molecule has 0 radical (unpaired) electrons. The van der Waals surface area contributed by atoms with Crippen molar-refractivity contribution in [2.75, 3.05) is 31.2 Å². The number of amides is 3. The van der Waals surface area contributed by atoms with E-state index in [1.165, 1.54) is 6.42 Å². The molecule has 3 aliphatic heterocycles. The van der Waals surface area contributed by atoms with Gasteiger partial charge >= 0.3 is 6.03 Å². The third-order valence-corrected chi connectivity index (χ3v) is 5.65. The molecule has 0 aliphatic carbocycles. The third-order valence-electron chi connectivity index (χ3n) is 5.65. The number of carbonyl (C=O) groups is 2. The van der Waals surface area contributed by atoms with Crippen molar-refractivity contribution >= 4 is 17.6 Å². The van der Waals surface area contributed by atoms with Crippen LogP contribution < -0.4 is 19.7 Å². The third kappa shape index (κ3) is 3.68. The second-order valence-electron chi connectivity index (χ2n) is 7.43. The van der Waals surface area contributed by atoms with Crippen LogP contribution in [0.5, 0.6) is 11.5 Å². The predicted molar refractivity (Wildman–Crippen MR) is 101 cm³/mol. The molecule has 4 rings (SSSR count). The Labute approximate surface area is 159 Å². The van der Waals surface area contributed by atoms with Crippen molar-refractivity contribution in [3.63, 3.8) is 0 Å². The fourth-order valence-electron chi connectivity index (χ4n) is 4.20. The van der Waals surface area contributed by atoms with Gasteiger partial charge in [0.25, 0.3) is 0 Å². The van der Waals surface area contributed by atoms with Gasteiger partial charge in [-0.15, -0.1) is 0 Å². The number of hydrogen-bond donors (Lipinski definition) is 1. The lowest BCUT2D eigenvalue weighted by molar-refractivity contribution is -0.117. The molecule has 1 N–H and O–H groups in total. The first-order valence-electron chi connectivity index (χ1n) is 9.93. The monoisotopic (exact) mass is 373 g/mol. The van der Waals surface area contributed by atoms with Gasteiger partial charge in [0.15, 0.2) is 11.5 Å². The van der Waals surface area contributed by atoms with Crippen LogP contribution >= 0.6 is 0 Å². The summed E-state index contributed by atoms with van der Waals surface area (Å²) in [4.78, 5) is 28.9. The molecule has 7 nitrogen and oxygen atoms in total. The maximum Gasteiger partial charge on any atom is 0.317 e. The summed E-state index contributed by atoms with van der Waals surface area (Å²) in [5.41, 5.74) is 0.783. The van der Waals surface area contributed by atoms with Crippen LogP contribution in [0, 0.1) is 0 Å². The molecular formula is C20H27N3O4. The van der Waals surface area contributed by atoms with Gasteiger partial charge in [0, 0.05) is 37.3 Å². The summed E-state index contributed by atoms with van der Waals surface area (Å²) >= 11 is 0. The summed E-state index contributed by atoms with van der Waals surface area (Å²) in [5.74, 6) is 1.39. The minimum absolute atomic E-state index is 0.0164.